The summed E-state index contributed by atoms with van der Waals surface area (Å²) in [5.41, 5.74) is 7.09. The summed E-state index contributed by atoms with van der Waals surface area (Å²) in [6.07, 6.45) is 11.7. The number of aliphatic hydroxyl groups excluding tert-OH is 1. The third-order valence-corrected chi connectivity index (χ3v) is 6.67. The highest BCUT2D eigenvalue weighted by Gasteiger charge is 2.40. The summed E-state index contributed by atoms with van der Waals surface area (Å²) in [7, 11) is 0. The smallest absolute Gasteiger partial charge is 0.150 e. The molecule has 0 saturated heterocycles. The minimum absolute atomic E-state index is 0.0696. The molecule has 1 heterocycles. The van der Waals surface area contributed by atoms with Gasteiger partial charge in [0.15, 0.2) is 0 Å². The second kappa shape index (κ2) is 10.9. The zero-order chi connectivity index (χ0) is 21.4. The van der Waals surface area contributed by atoms with E-state index in [1.807, 2.05) is 6.07 Å². The Labute approximate surface area is 182 Å². The molecule has 0 saturated carbocycles. The molecule has 162 valence electrons. The average Bonchev–Trinajstić information content (AvgIpc) is 2.79. The van der Waals surface area contributed by atoms with Crippen molar-refractivity contribution in [1.29, 1.82) is 0 Å². The van der Waals surface area contributed by atoms with Crippen molar-refractivity contribution in [3.63, 3.8) is 0 Å². The molecule has 3 nitrogen and oxygen atoms in total. The van der Waals surface area contributed by atoms with Crippen LogP contribution < -0.4 is 4.48 Å². The number of rotatable bonds is 12. The van der Waals surface area contributed by atoms with Crippen LogP contribution in [0.5, 0.6) is 0 Å². The van der Waals surface area contributed by atoms with Gasteiger partial charge in [-0.05, 0) is 31.2 Å². The first-order chi connectivity index (χ1) is 14.7. The molecule has 3 heteroatoms. The van der Waals surface area contributed by atoms with E-state index in [9.17, 15) is 9.90 Å². The summed E-state index contributed by atoms with van der Waals surface area (Å²) in [6, 6.07) is 12.8. The van der Waals surface area contributed by atoms with Gasteiger partial charge in [-0.15, -0.1) is 0 Å². The van der Waals surface area contributed by atoms with Crippen LogP contribution in [-0.2, 0) is 13.0 Å². The van der Waals surface area contributed by atoms with Gasteiger partial charge >= 0.3 is 0 Å². The standard InChI is InChI=1S/C27H38NO2/c1-3-5-7-9-15-28(16-10-8-6-4-2)26-17-22(20-29)11-13-24(26)19-25-14-12-23(21-30)18-27(25)28/h11-14,17-18,20,30H,3-10,15-16,19,21H2,1-2H3/q+1. The van der Waals surface area contributed by atoms with Gasteiger partial charge in [0.05, 0.1) is 19.7 Å². The SMILES string of the molecule is CCCCCC[N+]1(CCCCCC)c2cc(C=O)ccc2Cc2ccc(CO)cc21. The third-order valence-electron chi connectivity index (χ3n) is 6.67. The molecule has 0 unspecified atom stereocenters. The van der Waals surface area contributed by atoms with Crippen molar-refractivity contribution in [1.82, 2.24) is 4.48 Å². The Bertz CT molecular complexity index is 831. The van der Waals surface area contributed by atoms with Crippen LogP contribution in [0.3, 0.4) is 0 Å². The number of aldehydes is 1. The highest BCUT2D eigenvalue weighted by atomic mass is 16.3. The first kappa shape index (κ1) is 22.7. The van der Waals surface area contributed by atoms with Gasteiger partial charge in [0.25, 0.3) is 0 Å². The summed E-state index contributed by atoms with van der Waals surface area (Å²) < 4.78 is 0.827. The average molecular weight is 409 g/mol. The van der Waals surface area contributed by atoms with Gasteiger partial charge in [-0.2, -0.15) is 0 Å². The molecule has 2 aromatic carbocycles. The van der Waals surface area contributed by atoms with Crippen molar-refractivity contribution < 1.29 is 9.90 Å². The van der Waals surface area contributed by atoms with E-state index >= 15 is 0 Å². The Balaban J connectivity index is 2.10. The number of fused-ring (bicyclic) bond motifs is 2. The first-order valence-corrected chi connectivity index (χ1v) is 11.9. The van der Waals surface area contributed by atoms with E-state index < -0.39 is 0 Å². The Morgan fingerprint density at radius 1 is 0.833 bits per heavy atom. The van der Waals surface area contributed by atoms with E-state index in [4.69, 9.17) is 0 Å². The number of aliphatic hydroxyl groups is 1. The number of carbonyl (C=O) groups excluding carboxylic acids is 1. The van der Waals surface area contributed by atoms with E-state index in [1.54, 1.807) is 0 Å². The van der Waals surface area contributed by atoms with Crippen LogP contribution in [0.4, 0.5) is 11.4 Å². The van der Waals surface area contributed by atoms with Gasteiger partial charge in [-0.1, -0.05) is 63.8 Å². The maximum absolute atomic E-state index is 11.6. The summed E-state index contributed by atoms with van der Waals surface area (Å²) in [5.74, 6) is 0. The van der Waals surface area contributed by atoms with E-state index in [2.05, 4.69) is 44.2 Å². The van der Waals surface area contributed by atoms with E-state index in [0.717, 1.165) is 41.4 Å². The van der Waals surface area contributed by atoms with E-state index in [1.165, 1.54) is 73.9 Å². The van der Waals surface area contributed by atoms with Crippen molar-refractivity contribution in [3.8, 4) is 0 Å². The molecule has 0 spiro atoms. The largest absolute Gasteiger partial charge is 0.392 e. The topological polar surface area (TPSA) is 37.3 Å². The molecule has 0 aromatic heterocycles. The molecular formula is C27H38NO2+. The Hall–Kier alpha value is -1.97. The van der Waals surface area contributed by atoms with Crippen molar-refractivity contribution in [2.24, 2.45) is 0 Å². The van der Waals surface area contributed by atoms with Gasteiger partial charge in [0, 0.05) is 35.2 Å². The monoisotopic (exact) mass is 408 g/mol. The molecule has 1 aliphatic heterocycles. The third kappa shape index (κ3) is 4.84. The molecular weight excluding hydrogens is 370 g/mol. The molecule has 0 fully saturated rings. The Morgan fingerprint density at radius 3 is 2.00 bits per heavy atom. The number of carbonyl (C=O) groups is 1. The lowest BCUT2D eigenvalue weighted by molar-refractivity contribution is 0.112. The normalized spacial score (nSPS) is 14.2. The molecule has 0 bridgehead atoms. The molecule has 0 amide bonds. The summed E-state index contributed by atoms with van der Waals surface area (Å²) in [6.45, 7) is 6.70. The highest BCUT2D eigenvalue weighted by molar-refractivity contribution is 5.80. The fourth-order valence-corrected chi connectivity index (χ4v) is 5.00. The fraction of sp³-hybridized carbons (Fsp3) is 0.519. The second-order valence-corrected chi connectivity index (χ2v) is 8.84. The van der Waals surface area contributed by atoms with Crippen LogP contribution in [0, 0.1) is 0 Å². The number of unbranched alkanes of at least 4 members (excludes halogenated alkanes) is 6. The van der Waals surface area contributed by atoms with E-state index in [-0.39, 0.29) is 6.61 Å². The minimum atomic E-state index is 0.0696. The van der Waals surface area contributed by atoms with Crippen LogP contribution >= 0.6 is 0 Å². The molecule has 1 aliphatic rings. The van der Waals surface area contributed by atoms with Gasteiger partial charge < -0.3 is 5.11 Å². The predicted octanol–water partition coefficient (Wildman–Crippen LogP) is 6.70. The molecule has 0 atom stereocenters. The van der Waals surface area contributed by atoms with Gasteiger partial charge in [0.1, 0.15) is 17.7 Å². The van der Waals surface area contributed by atoms with Crippen molar-refractivity contribution in [2.75, 3.05) is 13.1 Å². The summed E-state index contributed by atoms with van der Waals surface area (Å²) in [5, 5.41) is 9.83. The Kier molecular flexibility index (Phi) is 8.24. The van der Waals surface area contributed by atoms with Gasteiger partial charge in [-0.25, -0.2) is 0 Å². The fourth-order valence-electron chi connectivity index (χ4n) is 5.00. The number of benzene rings is 2. The van der Waals surface area contributed by atoms with Crippen LogP contribution in [-0.4, -0.2) is 24.5 Å². The zero-order valence-electron chi connectivity index (χ0n) is 18.8. The van der Waals surface area contributed by atoms with Crippen LogP contribution in [0.1, 0.15) is 92.3 Å². The van der Waals surface area contributed by atoms with Crippen molar-refractivity contribution >= 4 is 17.7 Å². The summed E-state index contributed by atoms with van der Waals surface area (Å²) >= 11 is 0. The summed E-state index contributed by atoms with van der Waals surface area (Å²) in [4.78, 5) is 11.6. The van der Waals surface area contributed by atoms with E-state index in [0.29, 0.717) is 0 Å². The predicted molar refractivity (Wildman–Crippen MR) is 126 cm³/mol. The number of hydrogen-bond donors (Lipinski definition) is 1. The number of nitrogens with zero attached hydrogens (tertiary/aromatic N) is 1. The Morgan fingerprint density at radius 2 is 1.43 bits per heavy atom. The maximum Gasteiger partial charge on any atom is 0.150 e. The quantitative estimate of drug-likeness (QED) is 0.241. The molecule has 30 heavy (non-hydrogen) atoms. The highest BCUT2D eigenvalue weighted by Crippen LogP contribution is 2.46. The molecule has 2 aromatic rings. The lowest BCUT2D eigenvalue weighted by Gasteiger charge is -2.43. The molecule has 3 rings (SSSR count). The maximum atomic E-state index is 11.6. The minimum Gasteiger partial charge on any atom is -0.392 e. The van der Waals surface area contributed by atoms with Crippen LogP contribution in [0.25, 0.3) is 0 Å². The molecule has 0 radical (unpaired) electrons. The molecule has 0 aliphatic carbocycles. The first-order valence-electron chi connectivity index (χ1n) is 11.9. The van der Waals surface area contributed by atoms with Gasteiger partial charge in [0.2, 0.25) is 0 Å². The second-order valence-electron chi connectivity index (χ2n) is 8.84. The van der Waals surface area contributed by atoms with Gasteiger partial charge in [-0.3, -0.25) is 9.28 Å². The molecule has 1 N–H and O–H groups in total. The number of hydrogen-bond acceptors (Lipinski definition) is 2. The van der Waals surface area contributed by atoms with Crippen LogP contribution in [0.15, 0.2) is 36.4 Å². The lowest BCUT2D eigenvalue weighted by Crippen LogP contribution is -2.48. The lowest BCUT2D eigenvalue weighted by atomic mass is 9.89. The van der Waals surface area contributed by atoms with Crippen LogP contribution in [0.2, 0.25) is 0 Å². The number of quaternary nitrogens is 1. The zero-order valence-corrected chi connectivity index (χ0v) is 18.8. The van der Waals surface area contributed by atoms with Crippen molar-refractivity contribution in [2.45, 2.75) is 78.2 Å². The van der Waals surface area contributed by atoms with Crippen molar-refractivity contribution in [3.05, 3.63) is 58.7 Å².